The Hall–Kier alpha value is -5.99. The van der Waals surface area contributed by atoms with Crippen molar-refractivity contribution in [2.75, 3.05) is 32.8 Å². The van der Waals surface area contributed by atoms with Crippen LogP contribution in [0, 0.1) is 34.0 Å². The first-order valence-electron chi connectivity index (χ1n) is 25.2. The summed E-state index contributed by atoms with van der Waals surface area (Å²) in [5.41, 5.74) is -0.263. The first kappa shape index (κ1) is 50.9. The van der Waals surface area contributed by atoms with E-state index in [1.165, 1.54) is 0 Å². The van der Waals surface area contributed by atoms with E-state index in [2.05, 4.69) is 18.2 Å². The van der Waals surface area contributed by atoms with Crippen molar-refractivity contribution in [1.29, 1.82) is 15.8 Å². The van der Waals surface area contributed by atoms with Gasteiger partial charge in [-0.05, 0) is 128 Å². The van der Waals surface area contributed by atoms with Gasteiger partial charge in [-0.3, -0.25) is 28.0 Å². The van der Waals surface area contributed by atoms with Gasteiger partial charge in [0, 0.05) is 62.2 Å². The smallest absolute Gasteiger partial charge is 0.475 e. The summed E-state index contributed by atoms with van der Waals surface area (Å²) >= 11 is 0. The van der Waals surface area contributed by atoms with Crippen molar-refractivity contribution in [3.63, 3.8) is 0 Å². The maximum Gasteiger partial charge on any atom is 0.475 e. The highest BCUT2D eigenvalue weighted by atomic mass is 31.2. The molecule has 0 aliphatic carbocycles. The Labute approximate surface area is 421 Å². The SMILES string of the molecule is CC1(C)Oc2ccc(C#N)cc2[C@@H](N2CCCC2=O)C1OCCCCCCOP(=O)(OC1[C@H](N2CCCC2=O)c2cc(C#N)ccc2OC1(C)C)O[C@H]1[C@H](N2CCCC2=O)c2cc(C#N)ccc2OC1(C)C. The van der Waals surface area contributed by atoms with Gasteiger partial charge < -0.3 is 33.6 Å². The quantitative estimate of drug-likeness (QED) is 0.0967. The lowest BCUT2D eigenvalue weighted by Gasteiger charge is -2.50. The molecule has 3 unspecified atom stereocenters. The lowest BCUT2D eigenvalue weighted by Crippen LogP contribution is -2.56. The summed E-state index contributed by atoms with van der Waals surface area (Å²) in [6.45, 7) is 12.7. The highest BCUT2D eigenvalue weighted by molar-refractivity contribution is 7.48. The summed E-state index contributed by atoms with van der Waals surface area (Å²) in [6.07, 6.45) is 2.61. The molecule has 0 bridgehead atoms. The zero-order valence-corrected chi connectivity index (χ0v) is 42.8. The maximum atomic E-state index is 16.0. The number of carbonyl (C=O) groups excluding carboxylic acids is 3. The minimum atomic E-state index is -4.78. The Morgan fingerprint density at radius 3 is 1.24 bits per heavy atom. The molecule has 0 aromatic heterocycles. The van der Waals surface area contributed by atoms with Gasteiger partial charge >= 0.3 is 7.82 Å². The second kappa shape index (κ2) is 20.1. The fourth-order valence-corrected chi connectivity index (χ4v) is 13.2. The lowest BCUT2D eigenvalue weighted by molar-refractivity contribution is -0.149. The number of nitrogens with zero attached hydrogens (tertiary/aromatic N) is 6. The van der Waals surface area contributed by atoms with Crippen LogP contribution < -0.4 is 14.2 Å². The van der Waals surface area contributed by atoms with Gasteiger partial charge in [-0.15, -0.1) is 0 Å². The number of hydrogen-bond acceptors (Lipinski definition) is 14. The number of likely N-dealkylation sites (tertiary alicyclic amines) is 3. The number of ether oxygens (including phenoxy) is 4. The third-order valence-corrected chi connectivity index (χ3v) is 16.3. The zero-order valence-electron chi connectivity index (χ0n) is 41.9. The molecule has 380 valence electrons. The molecule has 3 aromatic carbocycles. The molecule has 6 heterocycles. The molecule has 0 radical (unpaired) electrons. The van der Waals surface area contributed by atoms with E-state index in [0.717, 1.165) is 12.0 Å². The number of unbranched alkanes of at least 4 members (excludes halogenated alkanes) is 3. The summed E-state index contributed by atoms with van der Waals surface area (Å²) in [7, 11) is -4.78. The van der Waals surface area contributed by atoms with Crippen LogP contribution in [0.1, 0.15) is 157 Å². The van der Waals surface area contributed by atoms with Crippen LogP contribution in [0.5, 0.6) is 17.2 Å². The Bertz CT molecular complexity index is 2680. The molecular formula is C54H63N6O11P. The summed E-state index contributed by atoms with van der Waals surface area (Å²) in [5, 5.41) is 29.7. The van der Waals surface area contributed by atoms with Gasteiger partial charge in [0.2, 0.25) is 17.7 Å². The van der Waals surface area contributed by atoms with E-state index in [4.69, 9.17) is 32.5 Å². The van der Waals surface area contributed by atoms with Crippen molar-refractivity contribution < 1.29 is 51.5 Å². The van der Waals surface area contributed by atoms with E-state index in [1.54, 1.807) is 92.1 Å². The van der Waals surface area contributed by atoms with E-state index in [9.17, 15) is 30.2 Å². The van der Waals surface area contributed by atoms with Gasteiger partial charge in [0.15, 0.2) is 0 Å². The largest absolute Gasteiger partial charge is 0.485 e. The molecule has 72 heavy (non-hydrogen) atoms. The Balaban J connectivity index is 0.966. The van der Waals surface area contributed by atoms with E-state index < -0.39 is 61.1 Å². The summed E-state index contributed by atoms with van der Waals surface area (Å²) in [4.78, 5) is 45.8. The Morgan fingerprint density at radius 2 is 0.889 bits per heavy atom. The summed E-state index contributed by atoms with van der Waals surface area (Å²) < 4.78 is 62.2. The lowest BCUT2D eigenvalue weighted by atomic mass is 9.84. The summed E-state index contributed by atoms with van der Waals surface area (Å²) in [5.74, 6) is 1.33. The predicted octanol–water partition coefficient (Wildman–Crippen LogP) is 9.05. The van der Waals surface area contributed by atoms with Gasteiger partial charge in [0.25, 0.3) is 0 Å². The van der Waals surface area contributed by atoms with E-state index in [1.807, 2.05) is 18.7 Å². The van der Waals surface area contributed by atoms with Crippen LogP contribution in [-0.2, 0) is 37.3 Å². The number of carbonyl (C=O) groups is 3. The molecule has 0 spiro atoms. The van der Waals surface area contributed by atoms with E-state index in [0.29, 0.717) is 129 Å². The average Bonchev–Trinajstić information content (AvgIpc) is 4.10. The van der Waals surface area contributed by atoms with Crippen LogP contribution in [0.2, 0.25) is 0 Å². The third-order valence-electron chi connectivity index (χ3n) is 14.8. The monoisotopic (exact) mass is 1000 g/mol. The number of amides is 3. The van der Waals surface area contributed by atoms with Gasteiger partial charge in [-0.25, -0.2) is 4.57 Å². The second-order valence-electron chi connectivity index (χ2n) is 21.2. The van der Waals surface area contributed by atoms with Crippen molar-refractivity contribution in [2.45, 2.75) is 159 Å². The first-order valence-corrected chi connectivity index (χ1v) is 26.6. The number of rotatable bonds is 16. The van der Waals surface area contributed by atoms with Crippen LogP contribution in [0.4, 0.5) is 0 Å². The maximum absolute atomic E-state index is 16.0. The first-order chi connectivity index (χ1) is 34.4. The van der Waals surface area contributed by atoms with Crippen molar-refractivity contribution in [3.05, 3.63) is 88.0 Å². The third kappa shape index (κ3) is 9.93. The molecule has 6 aliphatic rings. The Kier molecular flexibility index (Phi) is 14.2. The van der Waals surface area contributed by atoms with Crippen LogP contribution in [0.25, 0.3) is 0 Å². The number of fused-ring (bicyclic) bond motifs is 3. The van der Waals surface area contributed by atoms with Crippen molar-refractivity contribution in [3.8, 4) is 35.5 Å². The number of phosphoric ester groups is 1. The van der Waals surface area contributed by atoms with Gasteiger partial charge in [0.05, 0.1) is 59.6 Å². The number of benzene rings is 3. The molecule has 17 nitrogen and oxygen atoms in total. The molecule has 3 aromatic rings. The molecule has 6 aliphatic heterocycles. The van der Waals surface area contributed by atoms with Gasteiger partial charge in [-0.1, -0.05) is 12.8 Å². The second-order valence-corrected chi connectivity index (χ2v) is 22.7. The molecule has 0 saturated carbocycles. The fourth-order valence-electron chi connectivity index (χ4n) is 11.3. The van der Waals surface area contributed by atoms with E-state index in [-0.39, 0.29) is 24.3 Å². The molecule has 3 saturated heterocycles. The topological polar surface area (TPSA) is 214 Å². The number of nitriles is 3. The predicted molar refractivity (Wildman–Crippen MR) is 260 cm³/mol. The van der Waals surface area contributed by atoms with Crippen molar-refractivity contribution in [1.82, 2.24) is 14.7 Å². The van der Waals surface area contributed by atoms with Crippen LogP contribution in [0.3, 0.4) is 0 Å². The Morgan fingerprint density at radius 1 is 0.542 bits per heavy atom. The average molecular weight is 1000 g/mol. The number of phosphoric acid groups is 1. The molecule has 3 fully saturated rings. The molecule has 9 rings (SSSR count). The highest BCUT2D eigenvalue weighted by Gasteiger charge is 2.57. The zero-order chi connectivity index (χ0) is 51.2. The molecule has 18 heteroatoms. The molecule has 0 N–H and O–H groups in total. The molecule has 3 amide bonds. The normalized spacial score (nSPS) is 26.5. The summed E-state index contributed by atoms with van der Waals surface area (Å²) in [6, 6.07) is 19.8. The number of hydrogen-bond donors (Lipinski definition) is 0. The minimum Gasteiger partial charge on any atom is -0.485 e. The van der Waals surface area contributed by atoms with E-state index >= 15 is 4.57 Å². The van der Waals surface area contributed by atoms with Crippen LogP contribution >= 0.6 is 7.82 Å². The minimum absolute atomic E-state index is 0.0417. The van der Waals surface area contributed by atoms with Crippen molar-refractivity contribution >= 4 is 25.5 Å². The van der Waals surface area contributed by atoms with Crippen LogP contribution in [-0.4, -0.2) is 100 Å². The molecule has 7 atom stereocenters. The highest BCUT2D eigenvalue weighted by Crippen LogP contribution is 2.61. The van der Waals surface area contributed by atoms with Gasteiger partial charge in [0.1, 0.15) is 52.4 Å². The fraction of sp³-hybridized carbons (Fsp3) is 0.556. The van der Waals surface area contributed by atoms with Gasteiger partial charge in [-0.2, -0.15) is 15.8 Å². The van der Waals surface area contributed by atoms with Crippen LogP contribution in [0.15, 0.2) is 54.6 Å². The molecular weight excluding hydrogens is 940 g/mol. The standard InChI is InChI=1S/C54H63N6O11P/c1-52(2)49(46(58-23-11-14-43(58)61)37-28-34(31-55)17-20-40(37)67-52)65-26-9-7-8-10-27-66-72(64,70-50-47(59-24-12-15-44(59)62)38-29-35(32-56)18-21-41(38)68-53(50,3)4)71-51-48(60-25-13-16-45(60)63)39-30-36(33-57)19-22-42(39)69-54(51,5)6/h17-22,28-30,46-51H,7-16,23-27H2,1-6H3/t46-,47-,48-,49?,50+,51?,72?/m1/s1. The van der Waals surface area contributed by atoms with Crippen molar-refractivity contribution in [2.24, 2.45) is 0 Å².